The molecular weight excluding hydrogens is 180 g/mol. The van der Waals surface area contributed by atoms with Crippen molar-refractivity contribution >= 4 is 0 Å². The number of hydrogen-bond donors (Lipinski definition) is 1. The highest BCUT2D eigenvalue weighted by atomic mass is 16.6. The van der Waals surface area contributed by atoms with Gasteiger partial charge in [-0.15, -0.1) is 0 Å². The summed E-state index contributed by atoms with van der Waals surface area (Å²) >= 11 is 0. The predicted molar refractivity (Wildman–Crippen MR) is 52.3 cm³/mol. The average molecular weight is 194 g/mol. The molecular formula is C11H14O3. The highest BCUT2D eigenvalue weighted by molar-refractivity contribution is 5.32. The van der Waals surface area contributed by atoms with E-state index in [9.17, 15) is 0 Å². The summed E-state index contributed by atoms with van der Waals surface area (Å²) in [4.78, 5) is 0. The molecule has 0 saturated carbocycles. The molecule has 14 heavy (non-hydrogen) atoms. The lowest BCUT2D eigenvalue weighted by Crippen LogP contribution is -2.11. The molecule has 0 aliphatic carbocycles. The van der Waals surface area contributed by atoms with Gasteiger partial charge in [-0.25, -0.2) is 0 Å². The van der Waals surface area contributed by atoms with E-state index in [-0.39, 0.29) is 18.3 Å². The first-order valence-corrected chi connectivity index (χ1v) is 4.62. The lowest BCUT2D eigenvalue weighted by Gasteiger charge is -2.02. The lowest BCUT2D eigenvalue weighted by molar-refractivity contribution is 0.184. The van der Waals surface area contributed by atoms with E-state index in [4.69, 9.17) is 14.6 Å². The Bertz CT molecular complexity index is 320. The predicted octanol–water partition coefficient (Wildman–Crippen LogP) is 1.52. The maximum absolute atomic E-state index is 9.05. The highest BCUT2D eigenvalue weighted by Gasteiger charge is 2.52. The fourth-order valence-electron chi connectivity index (χ4n) is 1.55. The fraction of sp³-hybridized carbons (Fsp3) is 0.455. The molecule has 1 N–H and O–H groups in total. The summed E-state index contributed by atoms with van der Waals surface area (Å²) < 4.78 is 10.5. The molecule has 1 fully saturated rings. The first kappa shape index (κ1) is 9.49. The van der Waals surface area contributed by atoms with Gasteiger partial charge in [0.2, 0.25) is 0 Å². The van der Waals surface area contributed by atoms with Crippen molar-refractivity contribution in [1.82, 2.24) is 0 Å². The number of aliphatic hydroxyl groups excluding tert-OH is 1. The van der Waals surface area contributed by atoms with Gasteiger partial charge >= 0.3 is 0 Å². The number of ether oxygens (including phenoxy) is 2. The second-order valence-electron chi connectivity index (χ2n) is 3.74. The standard InChI is InChI=1S/C11H14O3/c1-11(7-12)10(14-11)8-3-5-9(13-2)6-4-8/h3-6,10,12H,7H2,1-2H3. The summed E-state index contributed by atoms with van der Waals surface area (Å²) in [6, 6.07) is 7.72. The second-order valence-corrected chi connectivity index (χ2v) is 3.74. The van der Waals surface area contributed by atoms with E-state index in [0.717, 1.165) is 11.3 Å². The Labute approximate surface area is 83.3 Å². The van der Waals surface area contributed by atoms with Gasteiger partial charge in [0, 0.05) is 0 Å². The Hall–Kier alpha value is -1.06. The van der Waals surface area contributed by atoms with Crippen molar-refractivity contribution < 1.29 is 14.6 Å². The Morgan fingerprint density at radius 1 is 1.43 bits per heavy atom. The molecule has 2 unspecified atom stereocenters. The smallest absolute Gasteiger partial charge is 0.120 e. The highest BCUT2D eigenvalue weighted by Crippen LogP contribution is 2.48. The number of rotatable bonds is 3. The molecule has 1 aliphatic heterocycles. The van der Waals surface area contributed by atoms with Gasteiger partial charge in [-0.2, -0.15) is 0 Å². The van der Waals surface area contributed by atoms with E-state index >= 15 is 0 Å². The summed E-state index contributed by atoms with van der Waals surface area (Å²) in [5, 5.41) is 9.05. The molecule has 0 bridgehead atoms. The van der Waals surface area contributed by atoms with Crippen LogP contribution in [0.5, 0.6) is 5.75 Å². The van der Waals surface area contributed by atoms with E-state index < -0.39 is 0 Å². The van der Waals surface area contributed by atoms with Crippen LogP contribution < -0.4 is 4.74 Å². The molecule has 3 heteroatoms. The topological polar surface area (TPSA) is 42.0 Å². The zero-order valence-electron chi connectivity index (χ0n) is 8.36. The van der Waals surface area contributed by atoms with Gasteiger partial charge in [-0.05, 0) is 24.6 Å². The van der Waals surface area contributed by atoms with Gasteiger partial charge < -0.3 is 14.6 Å². The van der Waals surface area contributed by atoms with Gasteiger partial charge in [0.25, 0.3) is 0 Å². The van der Waals surface area contributed by atoms with Crippen LogP contribution in [0.2, 0.25) is 0 Å². The van der Waals surface area contributed by atoms with Gasteiger partial charge in [0.1, 0.15) is 17.5 Å². The van der Waals surface area contributed by atoms with Crippen LogP contribution in [0.15, 0.2) is 24.3 Å². The van der Waals surface area contributed by atoms with Crippen LogP contribution >= 0.6 is 0 Å². The summed E-state index contributed by atoms with van der Waals surface area (Å²) in [6.07, 6.45) is 0.0263. The minimum atomic E-state index is -0.380. The molecule has 0 spiro atoms. The molecule has 3 nitrogen and oxygen atoms in total. The van der Waals surface area contributed by atoms with E-state index in [0.29, 0.717) is 0 Å². The third-order valence-electron chi connectivity index (χ3n) is 2.62. The van der Waals surface area contributed by atoms with Crippen molar-refractivity contribution in [3.05, 3.63) is 29.8 Å². The fourth-order valence-corrected chi connectivity index (χ4v) is 1.55. The molecule has 0 radical (unpaired) electrons. The molecule has 1 aromatic carbocycles. The van der Waals surface area contributed by atoms with Crippen LogP contribution in [-0.2, 0) is 4.74 Å². The van der Waals surface area contributed by atoms with Gasteiger partial charge in [0.05, 0.1) is 13.7 Å². The zero-order valence-corrected chi connectivity index (χ0v) is 8.36. The summed E-state index contributed by atoms with van der Waals surface area (Å²) in [7, 11) is 1.64. The van der Waals surface area contributed by atoms with Gasteiger partial charge in [0.15, 0.2) is 0 Å². The number of methoxy groups -OCH3 is 1. The van der Waals surface area contributed by atoms with Crippen LogP contribution in [0, 0.1) is 0 Å². The lowest BCUT2D eigenvalue weighted by atomic mass is 10.0. The monoisotopic (exact) mass is 194 g/mol. The normalized spacial score (nSPS) is 30.1. The van der Waals surface area contributed by atoms with Crippen molar-refractivity contribution in [3.8, 4) is 5.75 Å². The van der Waals surface area contributed by atoms with Gasteiger partial charge in [-0.3, -0.25) is 0 Å². The second kappa shape index (κ2) is 3.26. The van der Waals surface area contributed by atoms with Crippen LogP contribution in [0.4, 0.5) is 0 Å². The molecule has 0 aromatic heterocycles. The number of epoxide rings is 1. The molecule has 1 heterocycles. The van der Waals surface area contributed by atoms with E-state index in [2.05, 4.69) is 0 Å². The first-order valence-electron chi connectivity index (χ1n) is 4.62. The molecule has 1 saturated heterocycles. The van der Waals surface area contributed by atoms with Crippen molar-refractivity contribution in [1.29, 1.82) is 0 Å². The van der Waals surface area contributed by atoms with E-state index in [1.807, 2.05) is 31.2 Å². The van der Waals surface area contributed by atoms with Crippen LogP contribution in [0.1, 0.15) is 18.6 Å². The molecule has 1 aliphatic rings. The average Bonchev–Trinajstić information content (AvgIpc) is 2.92. The largest absolute Gasteiger partial charge is 0.497 e. The van der Waals surface area contributed by atoms with Crippen LogP contribution in [-0.4, -0.2) is 24.4 Å². The molecule has 2 atom stereocenters. The minimum Gasteiger partial charge on any atom is -0.497 e. The van der Waals surface area contributed by atoms with E-state index in [1.54, 1.807) is 7.11 Å². The van der Waals surface area contributed by atoms with Crippen molar-refractivity contribution in [2.24, 2.45) is 0 Å². The molecule has 1 aromatic rings. The Kier molecular flexibility index (Phi) is 2.21. The quantitative estimate of drug-likeness (QED) is 0.742. The van der Waals surface area contributed by atoms with Crippen LogP contribution in [0.25, 0.3) is 0 Å². The maximum atomic E-state index is 9.05. The third kappa shape index (κ3) is 1.49. The van der Waals surface area contributed by atoms with E-state index in [1.165, 1.54) is 0 Å². The Morgan fingerprint density at radius 3 is 2.50 bits per heavy atom. The molecule has 0 amide bonds. The van der Waals surface area contributed by atoms with Crippen molar-refractivity contribution in [3.63, 3.8) is 0 Å². The molecule has 2 rings (SSSR count). The Balaban J connectivity index is 2.12. The minimum absolute atomic E-state index is 0.0263. The Morgan fingerprint density at radius 2 is 2.07 bits per heavy atom. The number of benzene rings is 1. The van der Waals surface area contributed by atoms with Crippen molar-refractivity contribution in [2.45, 2.75) is 18.6 Å². The van der Waals surface area contributed by atoms with Crippen LogP contribution in [0.3, 0.4) is 0 Å². The summed E-state index contributed by atoms with van der Waals surface area (Å²) in [6.45, 7) is 1.96. The van der Waals surface area contributed by atoms with Crippen molar-refractivity contribution in [2.75, 3.05) is 13.7 Å². The molecule has 76 valence electrons. The number of aliphatic hydroxyl groups is 1. The maximum Gasteiger partial charge on any atom is 0.120 e. The number of hydrogen-bond acceptors (Lipinski definition) is 3. The zero-order chi connectivity index (χ0) is 10.2. The first-order chi connectivity index (χ1) is 6.69. The summed E-state index contributed by atoms with van der Waals surface area (Å²) in [5.74, 6) is 0.833. The third-order valence-corrected chi connectivity index (χ3v) is 2.62. The summed E-state index contributed by atoms with van der Waals surface area (Å²) in [5.41, 5.74) is 0.705. The van der Waals surface area contributed by atoms with Gasteiger partial charge in [-0.1, -0.05) is 12.1 Å². The SMILES string of the molecule is COc1ccc(C2OC2(C)CO)cc1.